The van der Waals surface area contributed by atoms with E-state index in [0.717, 1.165) is 24.0 Å². The lowest BCUT2D eigenvalue weighted by atomic mass is 10.0. The molecule has 2 aromatic rings. The van der Waals surface area contributed by atoms with Crippen LogP contribution in [0, 0.1) is 0 Å². The van der Waals surface area contributed by atoms with Crippen molar-refractivity contribution in [3.8, 4) is 11.4 Å². The molecule has 15 heavy (non-hydrogen) atoms. The SMILES string of the molecule is OC1(c2cccc(-c3nn[nH]n3)c2)CC1. The maximum atomic E-state index is 9.96. The summed E-state index contributed by atoms with van der Waals surface area (Å²) in [5.41, 5.74) is 1.20. The molecule has 0 spiro atoms. The van der Waals surface area contributed by atoms with Gasteiger partial charge in [0.1, 0.15) is 0 Å². The number of hydrogen-bond donors (Lipinski definition) is 2. The molecule has 1 saturated carbocycles. The molecular weight excluding hydrogens is 192 g/mol. The highest BCUT2D eigenvalue weighted by molar-refractivity contribution is 5.56. The van der Waals surface area contributed by atoms with E-state index in [1.165, 1.54) is 0 Å². The molecule has 0 unspecified atom stereocenters. The Morgan fingerprint density at radius 3 is 2.87 bits per heavy atom. The minimum atomic E-state index is -0.611. The van der Waals surface area contributed by atoms with Crippen molar-refractivity contribution in [3.05, 3.63) is 29.8 Å². The van der Waals surface area contributed by atoms with Gasteiger partial charge in [-0.2, -0.15) is 5.21 Å². The van der Waals surface area contributed by atoms with E-state index < -0.39 is 5.60 Å². The fraction of sp³-hybridized carbons (Fsp3) is 0.300. The summed E-state index contributed by atoms with van der Waals surface area (Å²) < 4.78 is 0. The first kappa shape index (κ1) is 8.55. The Kier molecular flexibility index (Phi) is 1.63. The molecule has 1 fully saturated rings. The fourth-order valence-electron chi connectivity index (χ4n) is 1.64. The Morgan fingerprint density at radius 1 is 1.33 bits per heavy atom. The molecular formula is C10H10N4O. The molecule has 0 amide bonds. The molecule has 0 aliphatic heterocycles. The Balaban J connectivity index is 2.04. The number of nitrogens with one attached hydrogen (secondary N) is 1. The van der Waals surface area contributed by atoms with E-state index in [-0.39, 0.29) is 0 Å². The maximum absolute atomic E-state index is 9.96. The van der Waals surface area contributed by atoms with Gasteiger partial charge in [-0.25, -0.2) is 0 Å². The molecule has 76 valence electrons. The molecule has 1 heterocycles. The van der Waals surface area contributed by atoms with Crippen LogP contribution in [0.1, 0.15) is 18.4 Å². The van der Waals surface area contributed by atoms with Crippen LogP contribution in [-0.2, 0) is 5.60 Å². The van der Waals surface area contributed by atoms with Gasteiger partial charge in [0.25, 0.3) is 0 Å². The molecule has 1 aromatic carbocycles. The number of tetrazole rings is 1. The van der Waals surface area contributed by atoms with Gasteiger partial charge in [0.2, 0.25) is 5.82 Å². The van der Waals surface area contributed by atoms with E-state index in [4.69, 9.17) is 0 Å². The molecule has 1 aliphatic rings. The number of H-pyrrole nitrogens is 1. The summed E-state index contributed by atoms with van der Waals surface area (Å²) in [6.45, 7) is 0. The zero-order chi connectivity index (χ0) is 10.3. The molecule has 5 heteroatoms. The third kappa shape index (κ3) is 1.41. The van der Waals surface area contributed by atoms with Crippen LogP contribution >= 0.6 is 0 Å². The van der Waals surface area contributed by atoms with Gasteiger partial charge in [0, 0.05) is 5.56 Å². The van der Waals surface area contributed by atoms with Gasteiger partial charge in [-0.05, 0) is 29.7 Å². The van der Waals surface area contributed by atoms with E-state index in [2.05, 4.69) is 20.6 Å². The monoisotopic (exact) mass is 202 g/mol. The second-order valence-corrected chi connectivity index (χ2v) is 3.85. The smallest absolute Gasteiger partial charge is 0.204 e. The van der Waals surface area contributed by atoms with Gasteiger partial charge in [0.15, 0.2) is 0 Å². The van der Waals surface area contributed by atoms with E-state index in [9.17, 15) is 5.11 Å². The standard InChI is InChI=1S/C10H10N4O/c15-10(4-5-10)8-3-1-2-7(6-8)9-11-13-14-12-9/h1-3,6,15H,4-5H2,(H,11,12,13,14). The van der Waals surface area contributed by atoms with Gasteiger partial charge in [-0.1, -0.05) is 18.2 Å². The Labute approximate surface area is 86.1 Å². The Bertz CT molecular complexity index is 476. The van der Waals surface area contributed by atoms with Gasteiger partial charge >= 0.3 is 0 Å². The van der Waals surface area contributed by atoms with Gasteiger partial charge in [-0.15, -0.1) is 10.2 Å². The molecule has 0 atom stereocenters. The van der Waals surface area contributed by atoms with Crippen molar-refractivity contribution in [1.82, 2.24) is 20.6 Å². The third-order valence-corrected chi connectivity index (χ3v) is 2.73. The van der Waals surface area contributed by atoms with Crippen molar-refractivity contribution in [2.24, 2.45) is 0 Å². The van der Waals surface area contributed by atoms with E-state index in [1.54, 1.807) is 0 Å². The van der Waals surface area contributed by atoms with Crippen molar-refractivity contribution < 1.29 is 5.11 Å². The molecule has 0 bridgehead atoms. The minimum Gasteiger partial charge on any atom is -0.385 e. The average Bonchev–Trinajstić information content (AvgIpc) is 2.84. The van der Waals surface area contributed by atoms with Crippen molar-refractivity contribution in [2.45, 2.75) is 18.4 Å². The van der Waals surface area contributed by atoms with E-state index in [0.29, 0.717) is 5.82 Å². The fourth-order valence-corrected chi connectivity index (χ4v) is 1.64. The number of aromatic nitrogens is 4. The second kappa shape index (κ2) is 2.87. The molecule has 2 N–H and O–H groups in total. The normalized spacial score (nSPS) is 17.7. The van der Waals surface area contributed by atoms with Crippen molar-refractivity contribution in [2.75, 3.05) is 0 Å². The Hall–Kier alpha value is -1.75. The molecule has 3 rings (SSSR count). The second-order valence-electron chi connectivity index (χ2n) is 3.85. The minimum absolute atomic E-state index is 0.557. The highest BCUT2D eigenvalue weighted by Gasteiger charge is 2.42. The summed E-state index contributed by atoms with van der Waals surface area (Å²) >= 11 is 0. The first-order chi connectivity index (χ1) is 7.28. The lowest BCUT2D eigenvalue weighted by molar-refractivity contribution is 0.151. The van der Waals surface area contributed by atoms with Crippen LogP contribution in [0.25, 0.3) is 11.4 Å². The van der Waals surface area contributed by atoms with Crippen molar-refractivity contribution >= 4 is 0 Å². The Morgan fingerprint density at radius 2 is 2.20 bits per heavy atom. The predicted octanol–water partition coefficient (Wildman–Crippen LogP) is 0.848. The number of benzene rings is 1. The molecule has 1 aliphatic carbocycles. The van der Waals surface area contributed by atoms with E-state index >= 15 is 0 Å². The lowest BCUT2D eigenvalue weighted by Gasteiger charge is -2.08. The quantitative estimate of drug-likeness (QED) is 0.757. The lowest BCUT2D eigenvalue weighted by Crippen LogP contribution is -2.03. The average molecular weight is 202 g/mol. The highest BCUT2D eigenvalue weighted by Crippen LogP contribution is 2.45. The maximum Gasteiger partial charge on any atom is 0.204 e. The number of aromatic amines is 1. The van der Waals surface area contributed by atoms with Crippen LogP contribution in [0.2, 0.25) is 0 Å². The number of nitrogens with zero attached hydrogens (tertiary/aromatic N) is 3. The summed E-state index contributed by atoms with van der Waals surface area (Å²) in [6, 6.07) is 7.64. The van der Waals surface area contributed by atoms with Gasteiger partial charge in [0.05, 0.1) is 5.60 Å². The van der Waals surface area contributed by atoms with Gasteiger partial charge < -0.3 is 5.11 Å². The number of aliphatic hydroxyl groups is 1. The van der Waals surface area contributed by atoms with Crippen LogP contribution in [0.15, 0.2) is 24.3 Å². The van der Waals surface area contributed by atoms with Crippen molar-refractivity contribution in [3.63, 3.8) is 0 Å². The van der Waals surface area contributed by atoms with Crippen LogP contribution in [0.3, 0.4) is 0 Å². The summed E-state index contributed by atoms with van der Waals surface area (Å²) in [5, 5.41) is 23.7. The molecule has 5 nitrogen and oxygen atoms in total. The predicted molar refractivity (Wildman–Crippen MR) is 52.7 cm³/mol. The van der Waals surface area contributed by atoms with Crippen LogP contribution in [0.4, 0.5) is 0 Å². The first-order valence-corrected chi connectivity index (χ1v) is 4.85. The van der Waals surface area contributed by atoms with Crippen LogP contribution in [0.5, 0.6) is 0 Å². The first-order valence-electron chi connectivity index (χ1n) is 4.85. The van der Waals surface area contributed by atoms with E-state index in [1.807, 2.05) is 24.3 Å². The largest absolute Gasteiger partial charge is 0.385 e. The summed E-state index contributed by atoms with van der Waals surface area (Å²) in [5.74, 6) is 0.557. The molecule has 0 saturated heterocycles. The zero-order valence-corrected chi connectivity index (χ0v) is 8.01. The van der Waals surface area contributed by atoms with Crippen LogP contribution in [-0.4, -0.2) is 25.7 Å². The summed E-state index contributed by atoms with van der Waals surface area (Å²) in [6.07, 6.45) is 1.67. The van der Waals surface area contributed by atoms with Crippen molar-refractivity contribution in [1.29, 1.82) is 0 Å². The molecule has 0 radical (unpaired) electrons. The summed E-state index contributed by atoms with van der Waals surface area (Å²) in [4.78, 5) is 0. The summed E-state index contributed by atoms with van der Waals surface area (Å²) in [7, 11) is 0. The molecule has 1 aromatic heterocycles. The van der Waals surface area contributed by atoms with Crippen LogP contribution < -0.4 is 0 Å². The number of rotatable bonds is 2. The number of hydrogen-bond acceptors (Lipinski definition) is 4. The zero-order valence-electron chi connectivity index (χ0n) is 8.01. The van der Waals surface area contributed by atoms with Gasteiger partial charge in [-0.3, -0.25) is 0 Å². The third-order valence-electron chi connectivity index (χ3n) is 2.73. The topological polar surface area (TPSA) is 74.7 Å². The highest BCUT2D eigenvalue weighted by atomic mass is 16.3.